The van der Waals surface area contributed by atoms with Crippen LogP contribution < -0.4 is 0 Å². The number of hydrogen-bond acceptors (Lipinski definition) is 3. The van der Waals surface area contributed by atoms with Crippen molar-refractivity contribution in [1.29, 1.82) is 0 Å². The summed E-state index contributed by atoms with van der Waals surface area (Å²) >= 11 is 0. The highest BCUT2D eigenvalue weighted by Gasteiger charge is 2.09. The molecule has 0 unspecified atom stereocenters. The van der Waals surface area contributed by atoms with Crippen LogP contribution in [0.1, 0.15) is 10.4 Å². The van der Waals surface area contributed by atoms with Crippen molar-refractivity contribution in [1.82, 2.24) is 0 Å². The van der Waals surface area contributed by atoms with Crippen LogP contribution in [0.5, 0.6) is 0 Å². The fourth-order valence-corrected chi connectivity index (χ4v) is 1.45. The second-order valence-corrected chi connectivity index (χ2v) is 2.91. The number of rotatable bonds is 1. The van der Waals surface area contributed by atoms with Gasteiger partial charge in [-0.15, -0.1) is 12.4 Å². The van der Waals surface area contributed by atoms with Crippen LogP contribution in [0.25, 0.3) is 10.8 Å². The molecule has 0 atom stereocenters. The van der Waals surface area contributed by atoms with Crippen LogP contribution in [0.3, 0.4) is 0 Å². The number of fused-ring (bicyclic) bond motifs is 1. The van der Waals surface area contributed by atoms with E-state index in [9.17, 15) is 4.79 Å². The van der Waals surface area contributed by atoms with Crippen molar-refractivity contribution in [3.05, 3.63) is 48.0 Å². The van der Waals surface area contributed by atoms with Gasteiger partial charge in [0.25, 0.3) is 0 Å². The molecule has 0 saturated heterocycles. The first-order valence-electron chi connectivity index (χ1n) is 4.16. The van der Waals surface area contributed by atoms with Crippen molar-refractivity contribution < 1.29 is 14.9 Å². The Morgan fingerprint density at radius 2 is 1.73 bits per heavy atom. The van der Waals surface area contributed by atoms with E-state index in [0.29, 0.717) is 5.56 Å². The van der Waals surface area contributed by atoms with Crippen LogP contribution in [0.4, 0.5) is 0 Å². The average molecular weight is 225 g/mol. The quantitative estimate of drug-likeness (QED) is 0.599. The predicted octanol–water partition coefficient (Wildman–Crippen LogP) is 2.89. The molecule has 0 radical (unpaired) electrons. The van der Waals surface area contributed by atoms with Crippen LogP contribution in [-0.4, -0.2) is 11.2 Å². The largest absolute Gasteiger partial charge is 0.373 e. The minimum absolute atomic E-state index is 0. The SMILES string of the molecule is Cl.O=C(OO)c1cccc2ccccc12. The Bertz CT molecular complexity index is 477. The van der Waals surface area contributed by atoms with Crippen molar-refractivity contribution in [3.63, 3.8) is 0 Å². The molecule has 2 aromatic rings. The molecule has 1 N–H and O–H groups in total. The predicted molar refractivity (Wildman–Crippen MR) is 59.2 cm³/mol. The lowest BCUT2D eigenvalue weighted by Gasteiger charge is -2.02. The van der Waals surface area contributed by atoms with Crippen LogP contribution in [0, 0.1) is 0 Å². The van der Waals surface area contributed by atoms with E-state index < -0.39 is 5.97 Å². The fraction of sp³-hybridized carbons (Fsp3) is 0. The highest BCUT2D eigenvalue weighted by Crippen LogP contribution is 2.18. The number of hydrogen-bond donors (Lipinski definition) is 1. The van der Waals surface area contributed by atoms with Crippen molar-refractivity contribution in [2.45, 2.75) is 0 Å². The van der Waals surface area contributed by atoms with Gasteiger partial charge in [-0.05, 0) is 16.8 Å². The van der Waals surface area contributed by atoms with Crippen molar-refractivity contribution >= 4 is 29.1 Å². The van der Waals surface area contributed by atoms with Gasteiger partial charge in [0.05, 0.1) is 5.56 Å². The van der Waals surface area contributed by atoms with Crippen molar-refractivity contribution in [3.8, 4) is 0 Å². The van der Waals surface area contributed by atoms with E-state index >= 15 is 0 Å². The molecule has 0 amide bonds. The third kappa shape index (κ3) is 2.09. The van der Waals surface area contributed by atoms with Gasteiger partial charge in [0.15, 0.2) is 0 Å². The normalized spacial score (nSPS) is 9.40. The molecule has 0 spiro atoms. The van der Waals surface area contributed by atoms with E-state index in [1.165, 1.54) is 0 Å². The highest BCUT2D eigenvalue weighted by molar-refractivity contribution is 6.04. The molecular weight excluding hydrogens is 216 g/mol. The monoisotopic (exact) mass is 224 g/mol. The minimum atomic E-state index is -0.734. The zero-order chi connectivity index (χ0) is 9.97. The van der Waals surface area contributed by atoms with Gasteiger partial charge in [0.2, 0.25) is 0 Å². The second kappa shape index (κ2) is 4.77. The average Bonchev–Trinajstić information content (AvgIpc) is 2.27. The molecule has 3 nitrogen and oxygen atoms in total. The van der Waals surface area contributed by atoms with Crippen LogP contribution in [-0.2, 0) is 4.89 Å². The molecule has 0 fully saturated rings. The maximum Gasteiger partial charge on any atom is 0.373 e. The Hall–Kier alpha value is -1.58. The maximum atomic E-state index is 11.2. The van der Waals surface area contributed by atoms with E-state index in [4.69, 9.17) is 5.26 Å². The second-order valence-electron chi connectivity index (χ2n) is 2.91. The summed E-state index contributed by atoms with van der Waals surface area (Å²) < 4.78 is 0. The van der Waals surface area contributed by atoms with Gasteiger partial charge in [0, 0.05) is 0 Å². The summed E-state index contributed by atoms with van der Waals surface area (Å²) in [7, 11) is 0. The first-order valence-corrected chi connectivity index (χ1v) is 4.16. The molecule has 2 aromatic carbocycles. The van der Waals surface area contributed by atoms with Crippen LogP contribution in [0.15, 0.2) is 42.5 Å². The molecule has 78 valence electrons. The summed E-state index contributed by atoms with van der Waals surface area (Å²) in [5.74, 6) is -0.734. The van der Waals surface area contributed by atoms with Crippen LogP contribution in [0.2, 0.25) is 0 Å². The highest BCUT2D eigenvalue weighted by atomic mass is 35.5. The van der Waals surface area contributed by atoms with Gasteiger partial charge in [-0.3, -0.25) is 4.89 Å². The Kier molecular flexibility index (Phi) is 3.66. The number of benzene rings is 2. The molecule has 0 bridgehead atoms. The van der Waals surface area contributed by atoms with Crippen LogP contribution >= 0.6 is 12.4 Å². The summed E-state index contributed by atoms with van der Waals surface area (Å²) in [5.41, 5.74) is 0.366. The molecule has 0 aliphatic rings. The topological polar surface area (TPSA) is 46.5 Å². The number of halogens is 1. The summed E-state index contributed by atoms with van der Waals surface area (Å²) in [6.07, 6.45) is 0. The molecule has 2 rings (SSSR count). The van der Waals surface area contributed by atoms with E-state index in [1.807, 2.05) is 30.3 Å². The third-order valence-electron chi connectivity index (χ3n) is 2.09. The lowest BCUT2D eigenvalue weighted by atomic mass is 10.1. The van der Waals surface area contributed by atoms with Gasteiger partial charge in [-0.1, -0.05) is 36.4 Å². The minimum Gasteiger partial charge on any atom is -0.295 e. The summed E-state index contributed by atoms with van der Waals surface area (Å²) in [4.78, 5) is 14.9. The lowest BCUT2D eigenvalue weighted by molar-refractivity contribution is -0.182. The Morgan fingerprint density at radius 1 is 1.07 bits per heavy atom. The first-order chi connectivity index (χ1) is 6.83. The van der Waals surface area contributed by atoms with Crippen molar-refractivity contribution in [2.75, 3.05) is 0 Å². The van der Waals surface area contributed by atoms with E-state index in [2.05, 4.69) is 4.89 Å². The van der Waals surface area contributed by atoms with Crippen molar-refractivity contribution in [2.24, 2.45) is 0 Å². The molecule has 0 aliphatic carbocycles. The Morgan fingerprint density at radius 3 is 2.47 bits per heavy atom. The standard InChI is InChI=1S/C11H8O3.ClH/c12-11(14-13)10-7-3-5-8-4-1-2-6-9(8)10;/h1-7,13H;1H. The molecule has 0 aromatic heterocycles. The summed E-state index contributed by atoms with van der Waals surface area (Å²) in [6, 6.07) is 12.7. The summed E-state index contributed by atoms with van der Waals surface area (Å²) in [5, 5.41) is 10.0. The van der Waals surface area contributed by atoms with E-state index in [-0.39, 0.29) is 12.4 Å². The van der Waals surface area contributed by atoms with Gasteiger partial charge >= 0.3 is 5.97 Å². The smallest absolute Gasteiger partial charge is 0.295 e. The molecule has 4 heteroatoms. The van der Waals surface area contributed by atoms with E-state index in [0.717, 1.165) is 10.8 Å². The fourth-order valence-electron chi connectivity index (χ4n) is 1.45. The zero-order valence-corrected chi connectivity index (χ0v) is 8.53. The molecule has 15 heavy (non-hydrogen) atoms. The molecule has 0 heterocycles. The Labute approximate surface area is 92.6 Å². The summed E-state index contributed by atoms with van der Waals surface area (Å²) in [6.45, 7) is 0. The van der Waals surface area contributed by atoms with E-state index in [1.54, 1.807) is 12.1 Å². The molecule has 0 saturated carbocycles. The van der Waals surface area contributed by atoms with Gasteiger partial charge in [0.1, 0.15) is 0 Å². The number of carbonyl (C=O) groups is 1. The third-order valence-corrected chi connectivity index (χ3v) is 2.09. The van der Waals surface area contributed by atoms with Gasteiger partial charge < -0.3 is 0 Å². The first kappa shape index (κ1) is 11.5. The molecule has 0 aliphatic heterocycles. The van der Waals surface area contributed by atoms with Gasteiger partial charge in [-0.25, -0.2) is 4.79 Å². The zero-order valence-electron chi connectivity index (χ0n) is 7.71. The lowest BCUT2D eigenvalue weighted by Crippen LogP contribution is -2.01. The molecular formula is C11H9ClO3. The maximum absolute atomic E-state index is 11.2. The Balaban J connectivity index is 0.00000112. The van der Waals surface area contributed by atoms with Gasteiger partial charge in [-0.2, -0.15) is 5.26 Å². The number of carbonyl (C=O) groups excluding carboxylic acids is 1.